The van der Waals surface area contributed by atoms with E-state index in [1.165, 1.54) is 0 Å². The normalized spacial score (nSPS) is 17.0. The Hall–Kier alpha value is -5.06. The first-order chi connectivity index (χ1) is 22.4. The van der Waals surface area contributed by atoms with Crippen LogP contribution in [0.15, 0.2) is 88.0 Å². The van der Waals surface area contributed by atoms with Crippen LogP contribution in [0.3, 0.4) is 0 Å². The zero-order valence-electron chi connectivity index (χ0n) is 26.1. The number of aliphatic imine (C=N–C) groups is 1. The van der Waals surface area contributed by atoms with Gasteiger partial charge in [0.25, 0.3) is 5.91 Å². The Labute approximate surface area is 268 Å². The molecule has 0 radical (unpaired) electrons. The number of azide groups is 2. The van der Waals surface area contributed by atoms with E-state index < -0.39 is 11.6 Å². The Balaban J connectivity index is 1.84. The van der Waals surface area contributed by atoms with Gasteiger partial charge in [-0.2, -0.15) is 0 Å². The van der Waals surface area contributed by atoms with Gasteiger partial charge in [0.2, 0.25) is 5.90 Å². The highest BCUT2D eigenvalue weighted by molar-refractivity contribution is 6.01. The van der Waals surface area contributed by atoms with Crippen molar-refractivity contribution in [1.82, 2.24) is 10.2 Å². The minimum absolute atomic E-state index is 0.0382. The molecule has 4 rings (SSSR count). The van der Waals surface area contributed by atoms with Crippen LogP contribution in [0.2, 0.25) is 0 Å². The van der Waals surface area contributed by atoms with E-state index in [9.17, 15) is 4.79 Å². The Morgan fingerprint density at radius 3 is 2.30 bits per heavy atom. The molecule has 2 N–H and O–H groups in total. The van der Waals surface area contributed by atoms with Gasteiger partial charge in [0, 0.05) is 41.4 Å². The van der Waals surface area contributed by atoms with Crippen molar-refractivity contribution >= 4 is 11.8 Å². The predicted octanol–water partition coefficient (Wildman–Crippen LogP) is 5.64. The molecule has 1 amide bonds. The van der Waals surface area contributed by atoms with Gasteiger partial charge in [0.1, 0.15) is 5.75 Å². The van der Waals surface area contributed by atoms with Crippen molar-refractivity contribution in [2.45, 2.75) is 44.0 Å². The number of nitrogens with zero attached hydrogens (tertiary/aromatic N) is 8. The standard InChI is InChI=1S/C33H39N9O4/c1-42(2)18-7-17-36-32(44)33(21-25-9-3-4-10-26(25)22-37-40-34)30(29-12-6-5-11-27(29)23-38-41-35)46-31(39-33)24-13-15-28(16-14-24)45-20-8-19-43/h3-6,9-16,30,43H,7-8,17-23H2,1-2H3,(H,36,44)/t30-,33-/m1/s1. The Morgan fingerprint density at radius 2 is 1.63 bits per heavy atom. The molecule has 0 aliphatic carbocycles. The number of hydrogen-bond donors (Lipinski definition) is 2. The second kappa shape index (κ2) is 16.9. The van der Waals surface area contributed by atoms with Gasteiger partial charge in [0.05, 0.1) is 19.7 Å². The molecule has 0 saturated carbocycles. The summed E-state index contributed by atoms with van der Waals surface area (Å²) in [6.07, 6.45) is 0.516. The Morgan fingerprint density at radius 1 is 0.978 bits per heavy atom. The molecule has 0 fully saturated rings. The van der Waals surface area contributed by atoms with Gasteiger partial charge in [-0.15, -0.1) is 0 Å². The summed E-state index contributed by atoms with van der Waals surface area (Å²) in [6, 6.07) is 22.1. The summed E-state index contributed by atoms with van der Waals surface area (Å²) in [5, 5.41) is 19.8. The average molecular weight is 626 g/mol. The summed E-state index contributed by atoms with van der Waals surface area (Å²) in [7, 11) is 3.95. The molecule has 240 valence electrons. The molecule has 13 heteroatoms. The summed E-state index contributed by atoms with van der Waals surface area (Å²) < 4.78 is 12.4. The Bertz CT molecular complexity index is 1600. The summed E-state index contributed by atoms with van der Waals surface area (Å²) in [4.78, 5) is 27.5. The second-order valence-corrected chi connectivity index (χ2v) is 11.1. The van der Waals surface area contributed by atoms with Crippen molar-refractivity contribution in [2.24, 2.45) is 15.2 Å². The second-order valence-electron chi connectivity index (χ2n) is 11.1. The van der Waals surface area contributed by atoms with Crippen molar-refractivity contribution in [3.8, 4) is 5.75 Å². The van der Waals surface area contributed by atoms with Crippen LogP contribution < -0.4 is 10.1 Å². The van der Waals surface area contributed by atoms with Gasteiger partial charge in [-0.1, -0.05) is 58.8 Å². The van der Waals surface area contributed by atoms with Crippen LogP contribution >= 0.6 is 0 Å². The lowest BCUT2D eigenvalue weighted by Crippen LogP contribution is -2.50. The van der Waals surface area contributed by atoms with E-state index in [0.717, 1.165) is 24.1 Å². The highest BCUT2D eigenvalue weighted by Gasteiger charge is 2.53. The number of aliphatic hydroxyl groups is 1. The summed E-state index contributed by atoms with van der Waals surface area (Å²) in [6.45, 7) is 1.81. The fourth-order valence-electron chi connectivity index (χ4n) is 5.33. The monoisotopic (exact) mass is 625 g/mol. The number of carbonyl (C=O) groups is 1. The van der Waals surface area contributed by atoms with Crippen LogP contribution in [-0.2, 0) is 29.0 Å². The molecule has 0 aromatic heterocycles. The number of nitrogens with one attached hydrogen (secondary N) is 1. The van der Waals surface area contributed by atoms with E-state index in [0.29, 0.717) is 42.0 Å². The van der Waals surface area contributed by atoms with Gasteiger partial charge >= 0.3 is 0 Å². The highest BCUT2D eigenvalue weighted by atomic mass is 16.5. The number of hydrogen-bond acceptors (Lipinski definition) is 8. The highest BCUT2D eigenvalue weighted by Crippen LogP contribution is 2.44. The van der Waals surface area contributed by atoms with Gasteiger partial charge in [-0.05, 0) is 84.6 Å². The Kier molecular flexibility index (Phi) is 12.4. The van der Waals surface area contributed by atoms with E-state index in [4.69, 9.17) is 30.6 Å². The average Bonchev–Trinajstić information content (AvgIpc) is 3.46. The lowest BCUT2D eigenvalue weighted by atomic mass is 9.79. The molecule has 0 spiro atoms. The number of rotatable bonds is 17. The third-order valence-corrected chi connectivity index (χ3v) is 7.62. The SMILES string of the molecule is CN(C)CCCNC(=O)[C@]1(Cc2ccccc2CN=[N+]=[N-])N=C(c2ccc(OCCCO)cc2)O[C@@H]1c1ccccc1CN=[N+]=[N-]. The molecule has 1 aliphatic heterocycles. The predicted molar refractivity (Wildman–Crippen MR) is 175 cm³/mol. The smallest absolute Gasteiger partial charge is 0.252 e. The molecule has 1 heterocycles. The zero-order valence-corrected chi connectivity index (χ0v) is 26.1. The van der Waals surface area contributed by atoms with Crippen molar-refractivity contribution < 1.29 is 19.4 Å². The molecule has 13 nitrogen and oxygen atoms in total. The van der Waals surface area contributed by atoms with Crippen molar-refractivity contribution in [1.29, 1.82) is 0 Å². The number of amides is 1. The van der Waals surface area contributed by atoms with Gasteiger partial charge in [0.15, 0.2) is 11.6 Å². The minimum atomic E-state index is -1.47. The molecular weight excluding hydrogens is 586 g/mol. The number of carbonyl (C=O) groups excluding carboxylic acids is 1. The van der Waals surface area contributed by atoms with E-state index >= 15 is 0 Å². The number of aliphatic hydroxyl groups excluding tert-OH is 1. The molecular formula is C33H39N9O4. The van der Waals surface area contributed by atoms with Crippen LogP contribution in [0, 0.1) is 0 Å². The molecule has 0 unspecified atom stereocenters. The topological polar surface area (TPSA) is 181 Å². The fraction of sp³-hybridized carbons (Fsp3) is 0.394. The van der Waals surface area contributed by atoms with Gasteiger partial charge < -0.3 is 24.8 Å². The van der Waals surface area contributed by atoms with Crippen LogP contribution in [-0.4, -0.2) is 67.7 Å². The first-order valence-electron chi connectivity index (χ1n) is 15.1. The molecule has 0 saturated heterocycles. The first-order valence-corrected chi connectivity index (χ1v) is 15.1. The molecule has 2 atom stereocenters. The lowest BCUT2D eigenvalue weighted by molar-refractivity contribution is -0.129. The number of benzene rings is 3. The van der Waals surface area contributed by atoms with Gasteiger partial charge in [-0.25, -0.2) is 4.99 Å². The largest absolute Gasteiger partial charge is 0.494 e. The fourth-order valence-corrected chi connectivity index (χ4v) is 5.33. The maximum absolute atomic E-state index is 14.5. The molecule has 3 aromatic carbocycles. The van der Waals surface area contributed by atoms with E-state index in [-0.39, 0.29) is 37.9 Å². The maximum Gasteiger partial charge on any atom is 0.252 e. The van der Waals surface area contributed by atoms with E-state index in [1.807, 2.05) is 74.8 Å². The molecule has 1 aliphatic rings. The van der Waals surface area contributed by atoms with E-state index in [2.05, 4.69) is 30.3 Å². The van der Waals surface area contributed by atoms with Crippen LogP contribution in [0.4, 0.5) is 0 Å². The minimum Gasteiger partial charge on any atom is -0.494 e. The maximum atomic E-state index is 14.5. The van der Waals surface area contributed by atoms with Crippen molar-refractivity contribution in [3.63, 3.8) is 0 Å². The van der Waals surface area contributed by atoms with E-state index in [1.54, 1.807) is 12.1 Å². The van der Waals surface area contributed by atoms with Crippen LogP contribution in [0.1, 0.15) is 46.8 Å². The molecule has 46 heavy (non-hydrogen) atoms. The number of ether oxygens (including phenoxy) is 2. The third-order valence-electron chi connectivity index (χ3n) is 7.62. The first kappa shape index (κ1) is 33.8. The molecule has 0 bridgehead atoms. The summed E-state index contributed by atoms with van der Waals surface area (Å²) in [5.74, 6) is 0.595. The summed E-state index contributed by atoms with van der Waals surface area (Å²) in [5.41, 5.74) is 20.2. The zero-order chi connectivity index (χ0) is 32.8. The van der Waals surface area contributed by atoms with Crippen LogP contribution in [0.25, 0.3) is 20.9 Å². The van der Waals surface area contributed by atoms with Crippen molar-refractivity contribution in [2.75, 3.05) is 40.4 Å². The lowest BCUT2D eigenvalue weighted by Gasteiger charge is -2.32. The summed E-state index contributed by atoms with van der Waals surface area (Å²) >= 11 is 0. The quantitative estimate of drug-likeness (QED) is 0.0851. The van der Waals surface area contributed by atoms with Crippen LogP contribution in [0.5, 0.6) is 5.75 Å². The van der Waals surface area contributed by atoms with Gasteiger partial charge in [-0.3, -0.25) is 4.79 Å². The molecule has 3 aromatic rings. The third kappa shape index (κ3) is 8.56. The van der Waals surface area contributed by atoms with Crippen molar-refractivity contribution in [3.05, 3.63) is 121 Å².